The van der Waals surface area contributed by atoms with Gasteiger partial charge in [0.15, 0.2) is 0 Å². The van der Waals surface area contributed by atoms with E-state index in [1.54, 1.807) is 0 Å². The zero-order valence-electron chi connectivity index (χ0n) is 5.22. The van der Waals surface area contributed by atoms with Gasteiger partial charge in [-0.05, 0) is 19.8 Å². The molecule has 0 aliphatic heterocycles. The van der Waals surface area contributed by atoms with Gasteiger partial charge in [0.1, 0.15) is 5.67 Å². The SMILES string of the molecule is C[C@]1(F)C[C@H](C(=O)O)C1. The Labute approximate surface area is 52.7 Å². The Kier molecular flexibility index (Phi) is 1.22. The van der Waals surface area contributed by atoms with Crippen molar-refractivity contribution in [2.45, 2.75) is 25.4 Å². The zero-order valence-corrected chi connectivity index (χ0v) is 5.22. The van der Waals surface area contributed by atoms with Crippen molar-refractivity contribution >= 4 is 5.97 Å². The van der Waals surface area contributed by atoms with Gasteiger partial charge >= 0.3 is 5.97 Å². The molecule has 0 radical (unpaired) electrons. The summed E-state index contributed by atoms with van der Waals surface area (Å²) in [7, 11) is 0. The van der Waals surface area contributed by atoms with Gasteiger partial charge in [0.05, 0.1) is 5.92 Å². The van der Waals surface area contributed by atoms with Crippen molar-refractivity contribution < 1.29 is 14.3 Å². The quantitative estimate of drug-likeness (QED) is 0.582. The minimum Gasteiger partial charge on any atom is -0.481 e. The summed E-state index contributed by atoms with van der Waals surface area (Å²) in [5, 5.41) is 8.30. The third-order valence-electron chi connectivity index (χ3n) is 1.69. The van der Waals surface area contributed by atoms with Gasteiger partial charge < -0.3 is 5.11 Å². The Bertz CT molecular complexity index is 134. The van der Waals surface area contributed by atoms with Crippen LogP contribution in [0.4, 0.5) is 4.39 Å². The van der Waals surface area contributed by atoms with E-state index in [2.05, 4.69) is 0 Å². The fourth-order valence-corrected chi connectivity index (χ4v) is 1.14. The molecule has 1 N–H and O–H groups in total. The highest BCUT2D eigenvalue weighted by Gasteiger charge is 2.44. The van der Waals surface area contributed by atoms with E-state index in [1.807, 2.05) is 0 Å². The maximum atomic E-state index is 12.6. The summed E-state index contributed by atoms with van der Waals surface area (Å²) in [5.41, 5.74) is -1.21. The number of carbonyl (C=O) groups is 1. The Hall–Kier alpha value is -0.600. The van der Waals surface area contributed by atoms with Gasteiger partial charge in [-0.2, -0.15) is 0 Å². The summed E-state index contributed by atoms with van der Waals surface area (Å²) in [6, 6.07) is 0. The maximum Gasteiger partial charge on any atom is 0.306 e. The predicted molar refractivity (Wildman–Crippen MR) is 29.9 cm³/mol. The second kappa shape index (κ2) is 1.69. The lowest BCUT2D eigenvalue weighted by molar-refractivity contribution is -0.150. The second-order valence-corrected chi connectivity index (χ2v) is 2.86. The molecule has 3 heteroatoms. The minimum absolute atomic E-state index is 0.183. The van der Waals surface area contributed by atoms with E-state index in [-0.39, 0.29) is 12.8 Å². The summed E-state index contributed by atoms with van der Waals surface area (Å²) in [6.45, 7) is 1.44. The molecule has 0 aromatic carbocycles. The van der Waals surface area contributed by atoms with Crippen molar-refractivity contribution in [2.24, 2.45) is 5.92 Å². The number of hydrogen-bond donors (Lipinski definition) is 1. The minimum atomic E-state index is -1.21. The second-order valence-electron chi connectivity index (χ2n) is 2.86. The molecule has 0 aromatic heterocycles. The van der Waals surface area contributed by atoms with Crippen LogP contribution in [-0.4, -0.2) is 16.7 Å². The van der Waals surface area contributed by atoms with Crippen LogP contribution in [0, 0.1) is 5.92 Å². The fraction of sp³-hybridized carbons (Fsp3) is 0.833. The van der Waals surface area contributed by atoms with E-state index in [0.29, 0.717) is 0 Å². The Balaban J connectivity index is 2.35. The first-order valence-electron chi connectivity index (χ1n) is 2.93. The van der Waals surface area contributed by atoms with Gasteiger partial charge in [-0.15, -0.1) is 0 Å². The van der Waals surface area contributed by atoms with Crippen molar-refractivity contribution in [3.8, 4) is 0 Å². The molecule has 2 nitrogen and oxygen atoms in total. The third kappa shape index (κ3) is 1.20. The van der Waals surface area contributed by atoms with Crippen molar-refractivity contribution in [3.63, 3.8) is 0 Å². The maximum absolute atomic E-state index is 12.6. The lowest BCUT2D eigenvalue weighted by Gasteiger charge is -2.35. The zero-order chi connectivity index (χ0) is 7.07. The molecule has 1 rings (SSSR count). The molecular weight excluding hydrogens is 123 g/mol. The topological polar surface area (TPSA) is 37.3 Å². The molecule has 0 bridgehead atoms. The van der Waals surface area contributed by atoms with Crippen LogP contribution in [0.15, 0.2) is 0 Å². The van der Waals surface area contributed by atoms with Crippen LogP contribution in [0.3, 0.4) is 0 Å². The summed E-state index contributed by atoms with van der Waals surface area (Å²) >= 11 is 0. The van der Waals surface area contributed by atoms with Crippen LogP contribution >= 0.6 is 0 Å². The molecule has 0 aromatic rings. The first-order valence-corrected chi connectivity index (χ1v) is 2.93. The van der Waals surface area contributed by atoms with E-state index in [1.165, 1.54) is 6.92 Å². The van der Waals surface area contributed by atoms with Gasteiger partial charge in [-0.1, -0.05) is 0 Å². The summed E-state index contributed by atoms with van der Waals surface area (Å²) in [6.07, 6.45) is 0.366. The Morgan fingerprint density at radius 1 is 1.78 bits per heavy atom. The molecule has 1 aliphatic rings. The van der Waals surface area contributed by atoms with Crippen molar-refractivity contribution in [1.82, 2.24) is 0 Å². The lowest BCUT2D eigenvalue weighted by atomic mass is 9.74. The van der Waals surface area contributed by atoms with Crippen LogP contribution in [0.2, 0.25) is 0 Å². The van der Waals surface area contributed by atoms with Gasteiger partial charge in [-0.25, -0.2) is 4.39 Å². The number of halogens is 1. The van der Waals surface area contributed by atoms with Gasteiger partial charge in [-0.3, -0.25) is 4.79 Å². The first kappa shape index (κ1) is 6.52. The monoisotopic (exact) mass is 132 g/mol. The molecule has 0 saturated heterocycles. The van der Waals surface area contributed by atoms with Crippen LogP contribution in [-0.2, 0) is 4.79 Å². The van der Waals surface area contributed by atoms with Crippen molar-refractivity contribution in [2.75, 3.05) is 0 Å². The largest absolute Gasteiger partial charge is 0.481 e. The Morgan fingerprint density at radius 3 is 2.33 bits per heavy atom. The fourth-order valence-electron chi connectivity index (χ4n) is 1.14. The molecule has 1 fully saturated rings. The molecule has 0 amide bonds. The van der Waals surface area contributed by atoms with E-state index < -0.39 is 17.6 Å². The molecule has 52 valence electrons. The number of alkyl halides is 1. The highest BCUT2D eigenvalue weighted by Crippen LogP contribution is 2.40. The molecule has 0 heterocycles. The van der Waals surface area contributed by atoms with Crippen LogP contribution in [0.1, 0.15) is 19.8 Å². The number of hydrogen-bond acceptors (Lipinski definition) is 1. The smallest absolute Gasteiger partial charge is 0.306 e. The van der Waals surface area contributed by atoms with Gasteiger partial charge in [0.25, 0.3) is 0 Å². The van der Waals surface area contributed by atoms with E-state index in [4.69, 9.17) is 5.11 Å². The van der Waals surface area contributed by atoms with Crippen molar-refractivity contribution in [3.05, 3.63) is 0 Å². The van der Waals surface area contributed by atoms with Gasteiger partial charge in [0.2, 0.25) is 0 Å². The predicted octanol–water partition coefficient (Wildman–Crippen LogP) is 1.21. The molecule has 9 heavy (non-hydrogen) atoms. The third-order valence-corrected chi connectivity index (χ3v) is 1.69. The van der Waals surface area contributed by atoms with E-state index in [9.17, 15) is 9.18 Å². The standard InChI is InChI=1S/C6H9FO2/c1-6(7)2-4(3-6)5(8)9/h4H,2-3H2,1H3,(H,8,9)/t4-,6-. The molecule has 1 aliphatic carbocycles. The number of carboxylic acid groups (broad SMARTS) is 1. The molecular formula is C6H9FO2. The van der Waals surface area contributed by atoms with E-state index in [0.717, 1.165) is 0 Å². The number of carboxylic acids is 1. The summed E-state index contributed by atoms with van der Waals surface area (Å²) < 4.78 is 12.6. The molecule has 0 spiro atoms. The molecule has 0 unspecified atom stereocenters. The van der Waals surface area contributed by atoms with Crippen molar-refractivity contribution in [1.29, 1.82) is 0 Å². The van der Waals surface area contributed by atoms with Crippen LogP contribution in [0.5, 0.6) is 0 Å². The normalized spacial score (nSPS) is 41.8. The van der Waals surface area contributed by atoms with Crippen LogP contribution in [0.25, 0.3) is 0 Å². The first-order chi connectivity index (χ1) is 4.01. The average Bonchev–Trinajstić information content (AvgIpc) is 1.59. The van der Waals surface area contributed by atoms with E-state index >= 15 is 0 Å². The van der Waals surface area contributed by atoms with Gasteiger partial charge in [0, 0.05) is 0 Å². The molecule has 0 atom stereocenters. The number of aliphatic carboxylic acids is 1. The molecule has 1 saturated carbocycles. The highest BCUT2D eigenvalue weighted by molar-refractivity contribution is 5.71. The lowest BCUT2D eigenvalue weighted by Crippen LogP contribution is -2.40. The summed E-state index contributed by atoms with van der Waals surface area (Å²) in [4.78, 5) is 10.1. The average molecular weight is 132 g/mol. The van der Waals surface area contributed by atoms with Crippen LogP contribution < -0.4 is 0 Å². The Morgan fingerprint density at radius 2 is 2.22 bits per heavy atom. The highest BCUT2D eigenvalue weighted by atomic mass is 19.1. The number of rotatable bonds is 1. The summed E-state index contributed by atoms with van der Waals surface area (Å²) in [5.74, 6) is -1.30.